The molecule has 0 amide bonds. The second kappa shape index (κ2) is 5.47. The first kappa shape index (κ1) is 14.0. The molecule has 1 saturated heterocycles. The molecule has 1 aliphatic heterocycles. The summed E-state index contributed by atoms with van der Waals surface area (Å²) in [4.78, 5) is 2.83. The van der Waals surface area contributed by atoms with Crippen LogP contribution in [-0.4, -0.2) is 50.3 Å². The molecule has 1 aromatic rings. The number of hydrogen-bond acceptors (Lipinski definition) is 3. The highest BCUT2D eigenvalue weighted by Crippen LogP contribution is 2.30. The van der Waals surface area contributed by atoms with Crippen LogP contribution in [0.15, 0.2) is 29.2 Å². The van der Waals surface area contributed by atoms with E-state index < -0.39 is 10.0 Å². The number of rotatable bonds is 4. The van der Waals surface area contributed by atoms with Gasteiger partial charge in [0.05, 0.1) is 4.90 Å². The van der Waals surface area contributed by atoms with Gasteiger partial charge in [0.2, 0.25) is 10.0 Å². The van der Waals surface area contributed by atoms with E-state index in [1.54, 1.807) is 16.4 Å². The van der Waals surface area contributed by atoms with Crippen molar-refractivity contribution in [1.82, 2.24) is 9.21 Å². The van der Waals surface area contributed by atoms with Crippen molar-refractivity contribution in [3.63, 3.8) is 0 Å². The van der Waals surface area contributed by atoms with Gasteiger partial charge in [0.25, 0.3) is 0 Å². The Kier molecular flexibility index (Phi) is 3.84. The molecule has 3 rings (SSSR count). The van der Waals surface area contributed by atoms with Crippen LogP contribution in [-0.2, 0) is 10.0 Å². The van der Waals surface area contributed by atoms with Crippen LogP contribution in [0, 0.1) is 12.8 Å². The second-order valence-electron chi connectivity index (χ2n) is 5.96. The van der Waals surface area contributed by atoms with E-state index in [2.05, 4.69) is 4.90 Å². The first-order valence-electron chi connectivity index (χ1n) is 7.35. The summed E-state index contributed by atoms with van der Waals surface area (Å²) in [6, 6.07) is 7.18. The van der Waals surface area contributed by atoms with Crippen LogP contribution in [0.25, 0.3) is 0 Å². The van der Waals surface area contributed by atoms with Crippen molar-refractivity contribution in [3.05, 3.63) is 29.8 Å². The lowest BCUT2D eigenvalue weighted by Gasteiger charge is -2.34. The molecule has 0 radical (unpaired) electrons. The van der Waals surface area contributed by atoms with Gasteiger partial charge < -0.3 is 4.90 Å². The number of benzene rings is 1. The molecule has 0 atom stereocenters. The Morgan fingerprint density at radius 2 is 1.85 bits per heavy atom. The van der Waals surface area contributed by atoms with E-state index in [0.29, 0.717) is 18.0 Å². The Labute approximate surface area is 121 Å². The largest absolute Gasteiger partial charge is 0.300 e. The summed E-state index contributed by atoms with van der Waals surface area (Å²) in [6.07, 6.45) is 2.70. The molecule has 1 aromatic carbocycles. The molecule has 1 saturated carbocycles. The molecular formula is C15H22N2O2S. The lowest BCUT2D eigenvalue weighted by atomic mass is 10.2. The molecule has 2 aliphatic rings. The Hall–Kier alpha value is -0.910. The summed E-state index contributed by atoms with van der Waals surface area (Å²) in [6.45, 7) is 6.03. The zero-order chi connectivity index (χ0) is 14.2. The first-order valence-corrected chi connectivity index (χ1v) is 8.79. The fourth-order valence-electron chi connectivity index (χ4n) is 2.74. The van der Waals surface area contributed by atoms with Crippen molar-refractivity contribution in [1.29, 1.82) is 0 Å². The summed E-state index contributed by atoms with van der Waals surface area (Å²) in [5.74, 6) is 0.870. The standard InChI is InChI=1S/C15H22N2O2S/c1-13-3-2-4-15(11-13)20(18,19)17-9-7-16(8-10-17)12-14-5-6-14/h2-4,11,14H,5-10,12H2,1H3. The van der Waals surface area contributed by atoms with Crippen molar-refractivity contribution >= 4 is 10.0 Å². The SMILES string of the molecule is Cc1cccc(S(=O)(=O)N2CCN(CC3CC3)CC2)c1. The van der Waals surface area contributed by atoms with Gasteiger partial charge in [-0.05, 0) is 43.4 Å². The molecule has 5 heteroatoms. The average Bonchev–Trinajstić information content (AvgIpc) is 3.23. The normalized spacial score (nSPS) is 22.1. The van der Waals surface area contributed by atoms with Gasteiger partial charge in [-0.2, -0.15) is 4.31 Å². The third-order valence-electron chi connectivity index (χ3n) is 4.17. The molecule has 1 heterocycles. The van der Waals surface area contributed by atoms with Gasteiger partial charge >= 0.3 is 0 Å². The molecule has 0 bridgehead atoms. The van der Waals surface area contributed by atoms with E-state index in [1.165, 1.54) is 12.8 Å². The van der Waals surface area contributed by atoms with Crippen molar-refractivity contribution in [2.45, 2.75) is 24.7 Å². The molecule has 0 spiro atoms. The Morgan fingerprint density at radius 3 is 2.45 bits per heavy atom. The van der Waals surface area contributed by atoms with Gasteiger partial charge in [0.15, 0.2) is 0 Å². The molecule has 4 nitrogen and oxygen atoms in total. The van der Waals surface area contributed by atoms with E-state index in [-0.39, 0.29) is 0 Å². The maximum absolute atomic E-state index is 12.6. The number of nitrogens with zero attached hydrogens (tertiary/aromatic N) is 2. The van der Waals surface area contributed by atoms with Crippen LogP contribution in [0.4, 0.5) is 0 Å². The quantitative estimate of drug-likeness (QED) is 0.849. The van der Waals surface area contributed by atoms with Crippen molar-refractivity contribution in [3.8, 4) is 0 Å². The minimum Gasteiger partial charge on any atom is -0.300 e. The molecule has 20 heavy (non-hydrogen) atoms. The van der Waals surface area contributed by atoms with Gasteiger partial charge in [0.1, 0.15) is 0 Å². The Morgan fingerprint density at radius 1 is 1.15 bits per heavy atom. The first-order chi connectivity index (χ1) is 9.55. The number of piperazine rings is 1. The zero-order valence-corrected chi connectivity index (χ0v) is 12.8. The minimum absolute atomic E-state index is 0.424. The zero-order valence-electron chi connectivity index (χ0n) is 12.0. The smallest absolute Gasteiger partial charge is 0.243 e. The van der Waals surface area contributed by atoms with Crippen LogP contribution < -0.4 is 0 Å². The lowest BCUT2D eigenvalue weighted by Crippen LogP contribution is -2.49. The maximum atomic E-state index is 12.6. The molecule has 0 aromatic heterocycles. The summed E-state index contributed by atoms with van der Waals surface area (Å²) < 4.78 is 26.8. The second-order valence-corrected chi connectivity index (χ2v) is 7.90. The summed E-state index contributed by atoms with van der Waals surface area (Å²) in [5, 5.41) is 0. The van der Waals surface area contributed by atoms with Crippen LogP contribution >= 0.6 is 0 Å². The maximum Gasteiger partial charge on any atom is 0.243 e. The number of hydrogen-bond donors (Lipinski definition) is 0. The summed E-state index contributed by atoms with van der Waals surface area (Å²) >= 11 is 0. The lowest BCUT2D eigenvalue weighted by molar-refractivity contribution is 0.182. The number of aryl methyl sites for hydroxylation is 1. The van der Waals surface area contributed by atoms with E-state index in [9.17, 15) is 8.42 Å². The molecule has 110 valence electrons. The van der Waals surface area contributed by atoms with Crippen LogP contribution in [0.2, 0.25) is 0 Å². The van der Waals surface area contributed by atoms with E-state index >= 15 is 0 Å². The van der Waals surface area contributed by atoms with E-state index in [4.69, 9.17) is 0 Å². The van der Waals surface area contributed by atoms with E-state index in [0.717, 1.165) is 31.1 Å². The van der Waals surface area contributed by atoms with E-state index in [1.807, 2.05) is 19.1 Å². The molecule has 2 fully saturated rings. The Bertz CT molecular complexity index is 573. The number of sulfonamides is 1. The molecular weight excluding hydrogens is 272 g/mol. The fourth-order valence-corrected chi connectivity index (χ4v) is 4.27. The molecule has 1 aliphatic carbocycles. The molecule has 0 unspecified atom stereocenters. The third kappa shape index (κ3) is 3.05. The van der Waals surface area contributed by atoms with Crippen LogP contribution in [0.1, 0.15) is 18.4 Å². The van der Waals surface area contributed by atoms with Crippen LogP contribution in [0.5, 0.6) is 0 Å². The fraction of sp³-hybridized carbons (Fsp3) is 0.600. The van der Waals surface area contributed by atoms with Gasteiger partial charge in [-0.1, -0.05) is 12.1 Å². The third-order valence-corrected chi connectivity index (χ3v) is 6.07. The highest BCUT2D eigenvalue weighted by Gasteiger charge is 2.31. The summed E-state index contributed by atoms with van der Waals surface area (Å²) in [5.41, 5.74) is 0.985. The van der Waals surface area contributed by atoms with Crippen molar-refractivity contribution in [2.75, 3.05) is 32.7 Å². The Balaban J connectivity index is 1.66. The van der Waals surface area contributed by atoms with Crippen LogP contribution in [0.3, 0.4) is 0 Å². The summed E-state index contributed by atoms with van der Waals surface area (Å²) in [7, 11) is -3.31. The predicted molar refractivity (Wildman–Crippen MR) is 79.1 cm³/mol. The van der Waals surface area contributed by atoms with Gasteiger partial charge in [0, 0.05) is 32.7 Å². The van der Waals surface area contributed by atoms with Crippen molar-refractivity contribution < 1.29 is 8.42 Å². The van der Waals surface area contributed by atoms with Gasteiger partial charge in [-0.25, -0.2) is 8.42 Å². The van der Waals surface area contributed by atoms with Gasteiger partial charge in [-0.3, -0.25) is 0 Å². The molecule has 0 N–H and O–H groups in total. The minimum atomic E-state index is -3.31. The van der Waals surface area contributed by atoms with Gasteiger partial charge in [-0.15, -0.1) is 0 Å². The highest BCUT2D eigenvalue weighted by atomic mass is 32.2. The average molecular weight is 294 g/mol. The van der Waals surface area contributed by atoms with Crippen molar-refractivity contribution in [2.24, 2.45) is 5.92 Å². The highest BCUT2D eigenvalue weighted by molar-refractivity contribution is 7.89. The topological polar surface area (TPSA) is 40.6 Å². The predicted octanol–water partition coefficient (Wildman–Crippen LogP) is 1.71. The monoisotopic (exact) mass is 294 g/mol.